The Kier molecular flexibility index (Phi) is 6.53. The summed E-state index contributed by atoms with van der Waals surface area (Å²) in [6.07, 6.45) is 0. The van der Waals surface area contributed by atoms with E-state index < -0.39 is 0 Å². The molecule has 0 aromatic carbocycles. The van der Waals surface area contributed by atoms with E-state index in [2.05, 4.69) is 11.4 Å². The van der Waals surface area contributed by atoms with Crippen LogP contribution >= 0.6 is 22.7 Å². The van der Waals surface area contributed by atoms with E-state index in [1.54, 1.807) is 18.3 Å². The summed E-state index contributed by atoms with van der Waals surface area (Å²) < 4.78 is 5.11. The highest BCUT2D eigenvalue weighted by Crippen LogP contribution is 2.32. The van der Waals surface area contributed by atoms with E-state index in [0.717, 1.165) is 21.9 Å². The summed E-state index contributed by atoms with van der Waals surface area (Å²) in [7, 11) is 1.98. The monoisotopic (exact) mass is 367 g/mol. The third-order valence-electron chi connectivity index (χ3n) is 3.64. The number of ether oxygens (including phenoxy) is 1. The lowest BCUT2D eigenvalue weighted by atomic mass is 10.1. The van der Waals surface area contributed by atoms with Gasteiger partial charge < -0.3 is 15.0 Å². The molecule has 7 heteroatoms. The van der Waals surface area contributed by atoms with E-state index in [1.807, 2.05) is 32.3 Å². The Labute approximate surface area is 150 Å². The zero-order valence-electron chi connectivity index (χ0n) is 14.4. The maximum absolute atomic E-state index is 12.3. The number of thiophene rings is 2. The zero-order valence-corrected chi connectivity index (χ0v) is 16.0. The SMILES string of the molecule is CCOC(=O)c1c(NC(=O)C[NH+](C)Cc2cccs2)sc(C)c1C. The van der Waals surface area contributed by atoms with Crippen LogP contribution in [0.5, 0.6) is 0 Å². The van der Waals surface area contributed by atoms with Crippen molar-refractivity contribution >= 4 is 39.6 Å². The first-order chi connectivity index (χ1) is 11.4. The van der Waals surface area contributed by atoms with Crippen molar-refractivity contribution in [2.75, 3.05) is 25.5 Å². The molecule has 0 fully saturated rings. The number of hydrogen-bond donors (Lipinski definition) is 2. The zero-order chi connectivity index (χ0) is 17.7. The van der Waals surface area contributed by atoms with E-state index >= 15 is 0 Å². The van der Waals surface area contributed by atoms with Gasteiger partial charge in [0.05, 0.1) is 24.1 Å². The lowest BCUT2D eigenvalue weighted by molar-refractivity contribution is -0.884. The second kappa shape index (κ2) is 8.41. The number of carbonyl (C=O) groups excluding carboxylic acids is 2. The molecule has 0 aliphatic heterocycles. The summed E-state index contributed by atoms with van der Waals surface area (Å²) in [5.74, 6) is -0.482. The van der Waals surface area contributed by atoms with E-state index in [0.29, 0.717) is 23.7 Å². The van der Waals surface area contributed by atoms with Crippen LogP contribution in [0.15, 0.2) is 17.5 Å². The first-order valence-electron chi connectivity index (χ1n) is 7.83. The molecule has 1 amide bonds. The number of likely N-dealkylation sites (N-methyl/N-ethyl adjacent to an activating group) is 1. The molecule has 0 saturated carbocycles. The van der Waals surface area contributed by atoms with Gasteiger partial charge >= 0.3 is 5.97 Å². The predicted molar refractivity (Wildman–Crippen MR) is 98.2 cm³/mol. The predicted octanol–water partition coefficient (Wildman–Crippen LogP) is 2.26. The van der Waals surface area contributed by atoms with Gasteiger partial charge in [0.15, 0.2) is 6.54 Å². The molecule has 1 unspecified atom stereocenters. The highest BCUT2D eigenvalue weighted by molar-refractivity contribution is 7.16. The average Bonchev–Trinajstić information content (AvgIpc) is 3.08. The van der Waals surface area contributed by atoms with Crippen LogP contribution in [-0.2, 0) is 16.1 Å². The summed E-state index contributed by atoms with van der Waals surface area (Å²) >= 11 is 3.10. The van der Waals surface area contributed by atoms with Crippen molar-refractivity contribution in [1.82, 2.24) is 0 Å². The number of aryl methyl sites for hydroxylation is 1. The first kappa shape index (κ1) is 18.6. The van der Waals surface area contributed by atoms with Gasteiger partial charge in [-0.3, -0.25) is 4.79 Å². The van der Waals surface area contributed by atoms with Crippen LogP contribution in [0.4, 0.5) is 5.00 Å². The molecule has 2 aromatic heterocycles. The molecule has 2 heterocycles. The van der Waals surface area contributed by atoms with Gasteiger partial charge in [0.25, 0.3) is 5.91 Å². The number of esters is 1. The van der Waals surface area contributed by atoms with Crippen molar-refractivity contribution in [2.45, 2.75) is 27.3 Å². The second-order valence-electron chi connectivity index (χ2n) is 5.65. The largest absolute Gasteiger partial charge is 0.462 e. The molecule has 0 aliphatic rings. The summed E-state index contributed by atoms with van der Waals surface area (Å²) in [5, 5.41) is 5.50. The average molecular weight is 368 g/mol. The Bertz CT molecular complexity index is 708. The highest BCUT2D eigenvalue weighted by atomic mass is 32.1. The number of amides is 1. The van der Waals surface area contributed by atoms with E-state index in [4.69, 9.17) is 4.74 Å². The van der Waals surface area contributed by atoms with Crippen LogP contribution < -0.4 is 10.2 Å². The Morgan fingerprint density at radius 2 is 2.08 bits per heavy atom. The van der Waals surface area contributed by atoms with Crippen molar-refractivity contribution in [3.05, 3.63) is 38.4 Å². The molecular formula is C17H23N2O3S2+. The van der Waals surface area contributed by atoms with Gasteiger partial charge in [-0.1, -0.05) is 6.07 Å². The number of carbonyl (C=O) groups is 2. The molecule has 24 heavy (non-hydrogen) atoms. The van der Waals surface area contributed by atoms with Crippen molar-refractivity contribution < 1.29 is 19.2 Å². The molecular weight excluding hydrogens is 344 g/mol. The van der Waals surface area contributed by atoms with Crippen LogP contribution in [0.3, 0.4) is 0 Å². The lowest BCUT2D eigenvalue weighted by Crippen LogP contribution is -3.08. The minimum absolute atomic E-state index is 0.101. The Morgan fingerprint density at radius 1 is 1.33 bits per heavy atom. The summed E-state index contributed by atoms with van der Waals surface area (Å²) in [6.45, 7) is 7.05. The van der Waals surface area contributed by atoms with E-state index in [-0.39, 0.29) is 11.9 Å². The first-order valence-corrected chi connectivity index (χ1v) is 9.52. The summed E-state index contributed by atoms with van der Waals surface area (Å²) in [5.41, 5.74) is 1.34. The van der Waals surface area contributed by atoms with Crippen molar-refractivity contribution in [2.24, 2.45) is 0 Å². The molecule has 1 atom stereocenters. The van der Waals surface area contributed by atoms with Crippen LogP contribution in [-0.4, -0.2) is 32.1 Å². The van der Waals surface area contributed by atoms with Crippen molar-refractivity contribution in [3.63, 3.8) is 0 Å². The summed E-state index contributed by atoms with van der Waals surface area (Å²) in [6, 6.07) is 4.08. The van der Waals surface area contributed by atoms with Crippen molar-refractivity contribution in [3.8, 4) is 0 Å². The molecule has 130 valence electrons. The number of quaternary nitrogens is 1. The Balaban J connectivity index is 2.03. The number of rotatable bonds is 7. The van der Waals surface area contributed by atoms with Gasteiger partial charge in [0.2, 0.25) is 0 Å². The smallest absolute Gasteiger partial charge is 0.341 e. The normalized spacial score (nSPS) is 12.0. The molecule has 5 nitrogen and oxygen atoms in total. The van der Waals surface area contributed by atoms with Gasteiger partial charge in [-0.15, -0.1) is 22.7 Å². The van der Waals surface area contributed by atoms with Gasteiger partial charge in [-0.05, 0) is 37.8 Å². The third-order valence-corrected chi connectivity index (χ3v) is 5.64. The quantitative estimate of drug-likeness (QED) is 0.738. The second-order valence-corrected chi connectivity index (χ2v) is 7.90. The van der Waals surface area contributed by atoms with E-state index in [1.165, 1.54) is 16.2 Å². The van der Waals surface area contributed by atoms with Crippen molar-refractivity contribution in [1.29, 1.82) is 0 Å². The molecule has 0 saturated heterocycles. The molecule has 0 aliphatic carbocycles. The topological polar surface area (TPSA) is 59.8 Å². The standard InChI is InChI=1S/C17H22N2O3S2/c1-5-22-17(21)15-11(2)12(3)24-16(15)18-14(20)10-19(4)9-13-7-6-8-23-13/h6-8H,5,9-10H2,1-4H3,(H,18,20)/p+1. The summed E-state index contributed by atoms with van der Waals surface area (Å²) in [4.78, 5) is 27.8. The maximum atomic E-state index is 12.3. The molecule has 2 rings (SSSR count). The molecule has 2 aromatic rings. The minimum atomic E-state index is -0.381. The van der Waals surface area contributed by atoms with Crippen LogP contribution in [0.25, 0.3) is 0 Å². The van der Waals surface area contributed by atoms with Gasteiger partial charge in [0.1, 0.15) is 11.5 Å². The highest BCUT2D eigenvalue weighted by Gasteiger charge is 2.23. The number of nitrogens with one attached hydrogen (secondary N) is 2. The van der Waals surface area contributed by atoms with Crippen LogP contribution in [0.1, 0.15) is 32.6 Å². The maximum Gasteiger partial charge on any atom is 0.341 e. The molecule has 2 N–H and O–H groups in total. The third kappa shape index (κ3) is 4.66. The Morgan fingerprint density at radius 3 is 2.71 bits per heavy atom. The number of hydrogen-bond acceptors (Lipinski definition) is 5. The number of anilines is 1. The molecule has 0 spiro atoms. The fraction of sp³-hybridized carbons (Fsp3) is 0.412. The minimum Gasteiger partial charge on any atom is -0.462 e. The van der Waals surface area contributed by atoms with Crippen LogP contribution in [0.2, 0.25) is 0 Å². The van der Waals surface area contributed by atoms with Gasteiger partial charge in [-0.25, -0.2) is 4.79 Å². The van der Waals surface area contributed by atoms with Gasteiger partial charge in [0, 0.05) is 4.88 Å². The molecule has 0 radical (unpaired) electrons. The van der Waals surface area contributed by atoms with Gasteiger partial charge in [-0.2, -0.15) is 0 Å². The van der Waals surface area contributed by atoms with E-state index in [9.17, 15) is 9.59 Å². The molecule has 0 bridgehead atoms. The fourth-order valence-electron chi connectivity index (χ4n) is 2.38. The fourth-order valence-corrected chi connectivity index (χ4v) is 4.27. The Hall–Kier alpha value is -1.70. The lowest BCUT2D eigenvalue weighted by Gasteiger charge is -2.13. The van der Waals surface area contributed by atoms with Crippen LogP contribution in [0, 0.1) is 13.8 Å².